The number of aromatic nitrogens is 2. The Morgan fingerprint density at radius 1 is 1.47 bits per heavy atom. The zero-order chi connectivity index (χ0) is 10.8. The summed E-state index contributed by atoms with van der Waals surface area (Å²) in [4.78, 5) is 8.32. The van der Waals surface area contributed by atoms with Gasteiger partial charge in [-0.2, -0.15) is 4.98 Å². The molecule has 1 aromatic heterocycles. The van der Waals surface area contributed by atoms with Crippen molar-refractivity contribution in [1.82, 2.24) is 9.97 Å². The molecule has 0 radical (unpaired) electrons. The van der Waals surface area contributed by atoms with E-state index in [0.717, 1.165) is 17.3 Å². The third-order valence-corrected chi connectivity index (χ3v) is 2.82. The molecule has 0 aromatic carbocycles. The average Bonchev–Trinajstić information content (AvgIpc) is 2.19. The SMILES string of the molecule is Cc1cnc(NN)nc1NC1CC(C)C1. The van der Waals surface area contributed by atoms with Gasteiger partial charge in [0.25, 0.3) is 0 Å². The lowest BCUT2D eigenvalue weighted by atomic mass is 9.82. The fourth-order valence-corrected chi connectivity index (χ4v) is 1.87. The number of rotatable bonds is 3. The smallest absolute Gasteiger partial charge is 0.239 e. The molecule has 5 nitrogen and oxygen atoms in total. The van der Waals surface area contributed by atoms with Gasteiger partial charge in [-0.1, -0.05) is 6.92 Å². The Balaban J connectivity index is 2.06. The summed E-state index contributed by atoms with van der Waals surface area (Å²) in [6, 6.07) is 0.555. The molecule has 0 unspecified atom stereocenters. The highest BCUT2D eigenvalue weighted by Gasteiger charge is 2.25. The van der Waals surface area contributed by atoms with Gasteiger partial charge in [0.15, 0.2) is 0 Å². The summed E-state index contributed by atoms with van der Waals surface area (Å²) in [6.07, 6.45) is 4.20. The monoisotopic (exact) mass is 207 g/mol. The quantitative estimate of drug-likeness (QED) is 0.514. The minimum absolute atomic E-state index is 0.454. The van der Waals surface area contributed by atoms with Crippen LogP contribution in [-0.2, 0) is 0 Å². The average molecular weight is 207 g/mol. The molecule has 1 aliphatic rings. The van der Waals surface area contributed by atoms with Crippen molar-refractivity contribution in [2.45, 2.75) is 32.7 Å². The van der Waals surface area contributed by atoms with Gasteiger partial charge < -0.3 is 5.32 Å². The first kappa shape index (κ1) is 10.2. The van der Waals surface area contributed by atoms with Crippen molar-refractivity contribution in [2.75, 3.05) is 10.7 Å². The summed E-state index contributed by atoms with van der Waals surface area (Å²) in [5, 5.41) is 3.41. The molecule has 0 bridgehead atoms. The van der Waals surface area contributed by atoms with Crippen molar-refractivity contribution in [3.8, 4) is 0 Å². The summed E-state index contributed by atoms with van der Waals surface area (Å²) >= 11 is 0. The van der Waals surface area contributed by atoms with Crippen molar-refractivity contribution in [2.24, 2.45) is 11.8 Å². The lowest BCUT2D eigenvalue weighted by molar-refractivity contribution is 0.308. The maximum absolute atomic E-state index is 5.27. The van der Waals surface area contributed by atoms with E-state index in [0.29, 0.717) is 12.0 Å². The Kier molecular flexibility index (Phi) is 2.73. The first-order chi connectivity index (χ1) is 7.19. The molecule has 1 saturated carbocycles. The lowest BCUT2D eigenvalue weighted by Crippen LogP contribution is -2.34. The number of nitrogens with one attached hydrogen (secondary N) is 2. The van der Waals surface area contributed by atoms with E-state index < -0.39 is 0 Å². The molecule has 1 aromatic rings. The molecule has 0 atom stereocenters. The van der Waals surface area contributed by atoms with E-state index >= 15 is 0 Å². The van der Waals surface area contributed by atoms with E-state index in [-0.39, 0.29) is 0 Å². The van der Waals surface area contributed by atoms with Gasteiger partial charge >= 0.3 is 0 Å². The summed E-state index contributed by atoms with van der Waals surface area (Å²) in [6.45, 7) is 4.25. The molecule has 0 aliphatic heterocycles. The normalized spacial score (nSPS) is 24.5. The van der Waals surface area contributed by atoms with Gasteiger partial charge in [0.1, 0.15) is 5.82 Å². The number of hydrogen-bond acceptors (Lipinski definition) is 5. The number of anilines is 2. The molecule has 4 N–H and O–H groups in total. The fourth-order valence-electron chi connectivity index (χ4n) is 1.87. The Morgan fingerprint density at radius 2 is 2.20 bits per heavy atom. The predicted octanol–water partition coefficient (Wildman–Crippen LogP) is 1.28. The first-order valence-corrected chi connectivity index (χ1v) is 5.26. The summed E-state index contributed by atoms with van der Waals surface area (Å²) in [5.41, 5.74) is 3.50. The largest absolute Gasteiger partial charge is 0.367 e. The highest BCUT2D eigenvalue weighted by atomic mass is 15.3. The molecule has 0 amide bonds. The fraction of sp³-hybridized carbons (Fsp3) is 0.600. The Hall–Kier alpha value is -1.36. The Labute approximate surface area is 89.5 Å². The highest BCUT2D eigenvalue weighted by molar-refractivity contribution is 5.47. The zero-order valence-electron chi connectivity index (χ0n) is 9.12. The topological polar surface area (TPSA) is 75.9 Å². The predicted molar refractivity (Wildman–Crippen MR) is 60.4 cm³/mol. The maximum atomic E-state index is 5.27. The second kappa shape index (κ2) is 4.02. The molecule has 1 fully saturated rings. The molecule has 2 rings (SSSR count). The van der Waals surface area contributed by atoms with Crippen LogP contribution in [0.4, 0.5) is 11.8 Å². The number of hydrogen-bond donors (Lipinski definition) is 3. The van der Waals surface area contributed by atoms with Crippen LogP contribution in [0.25, 0.3) is 0 Å². The molecular weight excluding hydrogens is 190 g/mol. The second-order valence-electron chi connectivity index (χ2n) is 4.29. The molecule has 1 aliphatic carbocycles. The minimum Gasteiger partial charge on any atom is -0.367 e. The Morgan fingerprint density at radius 3 is 2.80 bits per heavy atom. The molecule has 15 heavy (non-hydrogen) atoms. The van der Waals surface area contributed by atoms with Gasteiger partial charge in [-0.3, -0.25) is 5.43 Å². The highest BCUT2D eigenvalue weighted by Crippen LogP contribution is 2.29. The van der Waals surface area contributed by atoms with Crippen molar-refractivity contribution in [1.29, 1.82) is 0 Å². The van der Waals surface area contributed by atoms with Crippen LogP contribution in [0.2, 0.25) is 0 Å². The van der Waals surface area contributed by atoms with E-state index in [4.69, 9.17) is 5.84 Å². The number of nitrogens with zero attached hydrogens (tertiary/aromatic N) is 2. The molecule has 1 heterocycles. The van der Waals surface area contributed by atoms with Crippen molar-refractivity contribution in [3.05, 3.63) is 11.8 Å². The van der Waals surface area contributed by atoms with E-state index in [1.54, 1.807) is 6.20 Å². The Bertz CT molecular complexity index is 346. The summed E-state index contributed by atoms with van der Waals surface area (Å²) in [5.74, 6) is 7.43. The van der Waals surface area contributed by atoms with E-state index in [1.807, 2.05) is 6.92 Å². The van der Waals surface area contributed by atoms with Gasteiger partial charge in [-0.15, -0.1) is 0 Å². The third kappa shape index (κ3) is 2.18. The van der Waals surface area contributed by atoms with Gasteiger partial charge in [-0.05, 0) is 25.7 Å². The van der Waals surface area contributed by atoms with Crippen molar-refractivity contribution in [3.63, 3.8) is 0 Å². The lowest BCUT2D eigenvalue weighted by Gasteiger charge is -2.34. The minimum atomic E-state index is 0.454. The van der Waals surface area contributed by atoms with Crippen LogP contribution in [0.1, 0.15) is 25.3 Å². The van der Waals surface area contributed by atoms with Crippen molar-refractivity contribution >= 4 is 11.8 Å². The van der Waals surface area contributed by atoms with Crippen LogP contribution in [-0.4, -0.2) is 16.0 Å². The van der Waals surface area contributed by atoms with E-state index in [1.165, 1.54) is 12.8 Å². The van der Waals surface area contributed by atoms with E-state index in [2.05, 4.69) is 27.6 Å². The van der Waals surface area contributed by atoms with Gasteiger partial charge in [0.05, 0.1) is 0 Å². The van der Waals surface area contributed by atoms with Gasteiger partial charge in [0.2, 0.25) is 5.95 Å². The number of hydrazine groups is 1. The molecule has 5 heteroatoms. The van der Waals surface area contributed by atoms with Crippen LogP contribution < -0.4 is 16.6 Å². The van der Waals surface area contributed by atoms with Crippen LogP contribution in [0, 0.1) is 12.8 Å². The van der Waals surface area contributed by atoms with Crippen LogP contribution in [0.3, 0.4) is 0 Å². The molecular formula is C10H17N5. The third-order valence-electron chi connectivity index (χ3n) is 2.82. The molecule has 82 valence electrons. The van der Waals surface area contributed by atoms with Gasteiger partial charge in [-0.25, -0.2) is 10.8 Å². The second-order valence-corrected chi connectivity index (χ2v) is 4.29. The number of aryl methyl sites for hydroxylation is 1. The van der Waals surface area contributed by atoms with Crippen molar-refractivity contribution < 1.29 is 0 Å². The number of nitrogen functional groups attached to an aromatic ring is 1. The van der Waals surface area contributed by atoms with Crippen LogP contribution >= 0.6 is 0 Å². The first-order valence-electron chi connectivity index (χ1n) is 5.26. The van der Waals surface area contributed by atoms with Crippen LogP contribution in [0.5, 0.6) is 0 Å². The number of nitrogens with two attached hydrogens (primary N) is 1. The standard InChI is InChI=1S/C10H17N5/c1-6-3-8(4-6)13-9-7(2)5-12-10(14-9)15-11/h5-6,8H,3-4,11H2,1-2H3,(H2,12,13,14,15). The van der Waals surface area contributed by atoms with Crippen LogP contribution in [0.15, 0.2) is 6.20 Å². The van der Waals surface area contributed by atoms with Gasteiger partial charge in [0, 0.05) is 17.8 Å². The summed E-state index contributed by atoms with van der Waals surface area (Å²) in [7, 11) is 0. The van der Waals surface area contributed by atoms with E-state index in [9.17, 15) is 0 Å². The zero-order valence-corrected chi connectivity index (χ0v) is 9.12. The molecule has 0 saturated heterocycles. The summed E-state index contributed by atoms with van der Waals surface area (Å²) < 4.78 is 0. The molecule has 0 spiro atoms. The maximum Gasteiger partial charge on any atom is 0.239 e.